The Bertz CT molecular complexity index is 254. The Kier molecular flexibility index (Phi) is 7.73. The van der Waals surface area contributed by atoms with Gasteiger partial charge in [-0.05, 0) is 0 Å². The summed E-state index contributed by atoms with van der Waals surface area (Å²) >= 11 is 0. The molecule has 0 spiro atoms. The molecule has 0 saturated heterocycles. The maximum atomic E-state index is 2.93. The maximum absolute atomic E-state index is 2.93. The summed E-state index contributed by atoms with van der Waals surface area (Å²) in [5.74, 6) is 0. The van der Waals surface area contributed by atoms with Gasteiger partial charge in [-0.15, -0.1) is 0 Å². The van der Waals surface area contributed by atoms with Crippen LogP contribution in [0.15, 0.2) is 54.6 Å². The first-order chi connectivity index (χ1) is 5.89. The van der Waals surface area contributed by atoms with Gasteiger partial charge in [0.05, 0.1) is 0 Å². The average Bonchev–Trinajstić information content (AvgIpc) is 2.62. The molecule has 2 rings (SSSR count). The van der Waals surface area contributed by atoms with Crippen LogP contribution < -0.4 is 0 Å². The minimum absolute atomic E-state index is 0. The summed E-state index contributed by atoms with van der Waals surface area (Å²) in [7, 11) is 0. The number of rotatable bonds is 0. The van der Waals surface area contributed by atoms with Crippen molar-refractivity contribution < 1.29 is 26.2 Å². The number of aryl methyl sites for hydroxylation is 1. The molecule has 0 fully saturated rings. The molecule has 1 heteroatoms. The van der Waals surface area contributed by atoms with Crippen molar-refractivity contribution in [3.05, 3.63) is 66.2 Å². The third kappa shape index (κ3) is 6.60. The van der Waals surface area contributed by atoms with E-state index in [1.807, 2.05) is 54.6 Å². The van der Waals surface area contributed by atoms with E-state index in [-0.39, 0.29) is 26.2 Å². The SMILES string of the molecule is Cc1cc[c-]cc1.[Zr+2].c1cc[cH-]c1. The molecule has 0 radical (unpaired) electrons. The number of hydrogen-bond acceptors (Lipinski definition) is 0. The molecular weight excluding hydrogens is 235 g/mol. The zero-order valence-electron chi connectivity index (χ0n) is 7.70. The fourth-order valence-electron chi connectivity index (χ4n) is 0.791. The van der Waals surface area contributed by atoms with E-state index < -0.39 is 0 Å². The summed E-state index contributed by atoms with van der Waals surface area (Å²) in [5.41, 5.74) is 1.29. The van der Waals surface area contributed by atoms with Crippen molar-refractivity contribution in [3.63, 3.8) is 0 Å². The van der Waals surface area contributed by atoms with Crippen LogP contribution in [0.5, 0.6) is 0 Å². The second-order valence-electron chi connectivity index (χ2n) is 2.54. The fourth-order valence-corrected chi connectivity index (χ4v) is 0.791. The Morgan fingerprint density at radius 1 is 1.08 bits per heavy atom. The molecule has 2 aromatic rings. The summed E-state index contributed by atoms with van der Waals surface area (Å²) in [5, 5.41) is 0. The fraction of sp³-hybridized carbons (Fsp3) is 0.0833. The largest absolute Gasteiger partial charge is 2.00 e. The van der Waals surface area contributed by atoms with E-state index in [0.717, 1.165) is 0 Å². The van der Waals surface area contributed by atoms with Gasteiger partial charge in [0.25, 0.3) is 0 Å². The van der Waals surface area contributed by atoms with Crippen LogP contribution in [0.25, 0.3) is 0 Å². The van der Waals surface area contributed by atoms with Crippen molar-refractivity contribution in [2.24, 2.45) is 0 Å². The van der Waals surface area contributed by atoms with Gasteiger partial charge in [0, 0.05) is 0 Å². The van der Waals surface area contributed by atoms with Crippen molar-refractivity contribution in [2.45, 2.75) is 6.92 Å². The molecule has 0 aliphatic rings. The predicted octanol–water partition coefficient (Wildman–Crippen LogP) is 3.20. The molecule has 0 heterocycles. The molecule has 0 nitrogen and oxygen atoms in total. The van der Waals surface area contributed by atoms with E-state index in [1.54, 1.807) is 0 Å². The molecule has 0 saturated carbocycles. The first-order valence-corrected chi connectivity index (χ1v) is 3.99. The Morgan fingerprint density at radius 2 is 1.62 bits per heavy atom. The zero-order chi connectivity index (χ0) is 8.65. The van der Waals surface area contributed by atoms with Gasteiger partial charge in [-0.25, -0.2) is 12.1 Å². The maximum Gasteiger partial charge on any atom is 2.00 e. The van der Waals surface area contributed by atoms with Crippen molar-refractivity contribution in [1.29, 1.82) is 0 Å². The van der Waals surface area contributed by atoms with Gasteiger partial charge in [-0.1, -0.05) is 6.92 Å². The van der Waals surface area contributed by atoms with Crippen molar-refractivity contribution in [1.82, 2.24) is 0 Å². The third-order valence-electron chi connectivity index (χ3n) is 1.44. The predicted molar refractivity (Wildman–Crippen MR) is 52.1 cm³/mol. The minimum Gasteiger partial charge on any atom is -0.214 e. The van der Waals surface area contributed by atoms with Crippen LogP contribution in [-0.4, -0.2) is 0 Å². The second-order valence-corrected chi connectivity index (χ2v) is 2.54. The van der Waals surface area contributed by atoms with E-state index in [1.165, 1.54) is 5.56 Å². The number of hydrogen-bond donors (Lipinski definition) is 0. The summed E-state index contributed by atoms with van der Waals surface area (Å²) in [6.45, 7) is 2.06. The topological polar surface area (TPSA) is 0 Å². The molecular formula is C12H12Zr. The average molecular weight is 247 g/mol. The van der Waals surface area contributed by atoms with Gasteiger partial charge in [0.1, 0.15) is 0 Å². The van der Waals surface area contributed by atoms with E-state index in [4.69, 9.17) is 0 Å². The molecule has 64 valence electrons. The normalized spacial score (nSPS) is 7.77. The summed E-state index contributed by atoms with van der Waals surface area (Å²) < 4.78 is 0. The van der Waals surface area contributed by atoms with E-state index in [2.05, 4.69) is 13.0 Å². The van der Waals surface area contributed by atoms with E-state index in [9.17, 15) is 0 Å². The molecule has 0 atom stereocenters. The minimum atomic E-state index is 0. The molecule has 0 N–H and O–H groups in total. The summed E-state index contributed by atoms with van der Waals surface area (Å²) in [4.78, 5) is 0. The van der Waals surface area contributed by atoms with Crippen LogP contribution in [0.1, 0.15) is 5.56 Å². The van der Waals surface area contributed by atoms with E-state index in [0.29, 0.717) is 0 Å². The molecule has 13 heavy (non-hydrogen) atoms. The molecule has 0 aromatic heterocycles. The van der Waals surface area contributed by atoms with Crippen molar-refractivity contribution in [3.8, 4) is 0 Å². The smallest absolute Gasteiger partial charge is 0.214 e. The molecule has 0 unspecified atom stereocenters. The van der Waals surface area contributed by atoms with Gasteiger partial charge in [0.2, 0.25) is 0 Å². The molecule has 0 bridgehead atoms. The van der Waals surface area contributed by atoms with Crippen molar-refractivity contribution in [2.75, 3.05) is 0 Å². The Morgan fingerprint density at radius 3 is 1.85 bits per heavy atom. The standard InChI is InChI=1S/C7H7.C5H5.Zr/c1-7-5-3-2-4-6-7;1-2-4-5-3-1;/h3-6H,1H3;1-5H;/q2*-1;+2. The van der Waals surface area contributed by atoms with Crippen LogP contribution in [-0.2, 0) is 26.2 Å². The van der Waals surface area contributed by atoms with Gasteiger partial charge in [-0.2, -0.15) is 54.1 Å². The quantitative estimate of drug-likeness (QED) is 0.627. The molecule has 0 aliphatic carbocycles. The van der Waals surface area contributed by atoms with Crippen LogP contribution >= 0.6 is 0 Å². The number of benzene rings is 1. The van der Waals surface area contributed by atoms with Gasteiger partial charge in [-0.3, -0.25) is 0 Å². The van der Waals surface area contributed by atoms with Gasteiger partial charge < -0.3 is 0 Å². The summed E-state index contributed by atoms with van der Waals surface area (Å²) in [6, 6.07) is 20.8. The van der Waals surface area contributed by atoms with Gasteiger partial charge in [0.15, 0.2) is 0 Å². The molecule has 2 aromatic carbocycles. The first-order valence-electron chi connectivity index (χ1n) is 3.99. The molecule has 0 aliphatic heterocycles. The van der Waals surface area contributed by atoms with Crippen LogP contribution in [0, 0.1) is 13.0 Å². The van der Waals surface area contributed by atoms with E-state index >= 15 is 0 Å². The Hall–Kier alpha value is -0.547. The third-order valence-corrected chi connectivity index (χ3v) is 1.44. The van der Waals surface area contributed by atoms with Crippen molar-refractivity contribution >= 4 is 0 Å². The summed E-state index contributed by atoms with van der Waals surface area (Å²) in [6.07, 6.45) is 0. The molecule has 0 amide bonds. The van der Waals surface area contributed by atoms with Crippen LogP contribution in [0.2, 0.25) is 0 Å². The van der Waals surface area contributed by atoms with Crippen LogP contribution in [0.4, 0.5) is 0 Å². The van der Waals surface area contributed by atoms with Gasteiger partial charge >= 0.3 is 26.2 Å². The van der Waals surface area contributed by atoms with Crippen LogP contribution in [0.3, 0.4) is 0 Å². The zero-order valence-corrected chi connectivity index (χ0v) is 10.2. The second kappa shape index (κ2) is 8.07. The monoisotopic (exact) mass is 246 g/mol. The Balaban J connectivity index is 0.000000215. The Labute approximate surface area is 99.1 Å². The first kappa shape index (κ1) is 12.5.